The standard InChI is InChI=1S/C25H23N3O2S/c29-23-18-12-6-8-16-9-7-13-19(22(16)18)24(30)28(23)21-15-5-4-14-20(21)27-25(31)26-17-10-2-1-3-11-17/h1-3,6-13,20-21H,4-5,14-15H2,(H2,26,27,31)/t20-,21-/m1/s1. The topological polar surface area (TPSA) is 61.4 Å². The van der Waals surface area contributed by atoms with Crippen LogP contribution in [0.5, 0.6) is 0 Å². The molecule has 2 aliphatic rings. The lowest BCUT2D eigenvalue weighted by Gasteiger charge is -2.41. The minimum absolute atomic E-state index is 0.0881. The van der Waals surface area contributed by atoms with Gasteiger partial charge < -0.3 is 10.6 Å². The lowest BCUT2D eigenvalue weighted by atomic mass is 9.86. The van der Waals surface area contributed by atoms with E-state index in [0.717, 1.165) is 42.1 Å². The van der Waals surface area contributed by atoms with Gasteiger partial charge in [-0.25, -0.2) is 0 Å². The molecule has 5 nitrogen and oxygen atoms in total. The van der Waals surface area contributed by atoms with Gasteiger partial charge in [-0.1, -0.05) is 55.3 Å². The second-order valence-corrected chi connectivity index (χ2v) is 8.52. The minimum atomic E-state index is -0.243. The van der Waals surface area contributed by atoms with E-state index in [4.69, 9.17) is 12.2 Å². The molecule has 156 valence electrons. The van der Waals surface area contributed by atoms with E-state index in [0.29, 0.717) is 16.2 Å². The van der Waals surface area contributed by atoms with Crippen LogP contribution in [0, 0.1) is 0 Å². The van der Waals surface area contributed by atoms with Crippen LogP contribution in [0.25, 0.3) is 10.8 Å². The normalized spacial score (nSPS) is 20.6. The van der Waals surface area contributed by atoms with E-state index in [9.17, 15) is 9.59 Å². The zero-order valence-corrected chi connectivity index (χ0v) is 17.8. The van der Waals surface area contributed by atoms with Crippen molar-refractivity contribution >= 4 is 45.6 Å². The van der Waals surface area contributed by atoms with E-state index in [1.807, 2.05) is 66.7 Å². The third-order valence-electron chi connectivity index (χ3n) is 6.21. The van der Waals surface area contributed by atoms with Crippen LogP contribution in [0.1, 0.15) is 46.4 Å². The number of para-hydroxylation sites is 1. The van der Waals surface area contributed by atoms with Gasteiger partial charge in [0.2, 0.25) is 0 Å². The van der Waals surface area contributed by atoms with E-state index < -0.39 is 0 Å². The Morgan fingerprint density at radius 1 is 0.839 bits per heavy atom. The van der Waals surface area contributed by atoms with Crippen molar-refractivity contribution in [2.75, 3.05) is 5.32 Å². The van der Waals surface area contributed by atoms with Gasteiger partial charge in [0.15, 0.2) is 5.11 Å². The SMILES string of the molecule is O=C1c2cccc3cccc(c23)C(=O)N1[C@@H]1CCCC[C@H]1NC(=S)Nc1ccccc1. The lowest BCUT2D eigenvalue weighted by molar-refractivity contribution is 0.0470. The molecule has 1 saturated carbocycles. The van der Waals surface area contributed by atoms with E-state index in [1.165, 1.54) is 4.90 Å². The first-order valence-electron chi connectivity index (χ1n) is 10.7. The Balaban J connectivity index is 1.43. The third kappa shape index (κ3) is 3.57. The molecule has 2 atom stereocenters. The fraction of sp³-hybridized carbons (Fsp3) is 0.240. The summed E-state index contributed by atoms with van der Waals surface area (Å²) < 4.78 is 0. The number of benzene rings is 3. The molecular weight excluding hydrogens is 406 g/mol. The van der Waals surface area contributed by atoms with Gasteiger partial charge in [-0.05, 0) is 54.7 Å². The van der Waals surface area contributed by atoms with Crippen molar-refractivity contribution < 1.29 is 9.59 Å². The second-order valence-electron chi connectivity index (χ2n) is 8.11. The molecule has 31 heavy (non-hydrogen) atoms. The van der Waals surface area contributed by atoms with E-state index in [1.54, 1.807) is 0 Å². The molecule has 3 aromatic carbocycles. The molecule has 1 heterocycles. The van der Waals surface area contributed by atoms with E-state index in [-0.39, 0.29) is 23.9 Å². The summed E-state index contributed by atoms with van der Waals surface area (Å²) in [7, 11) is 0. The number of imide groups is 1. The zero-order valence-electron chi connectivity index (χ0n) is 17.0. The maximum Gasteiger partial charge on any atom is 0.261 e. The number of rotatable bonds is 3. The Labute approximate surface area is 186 Å². The van der Waals surface area contributed by atoms with Gasteiger partial charge in [-0.2, -0.15) is 0 Å². The number of anilines is 1. The van der Waals surface area contributed by atoms with Crippen LogP contribution in [0.3, 0.4) is 0 Å². The van der Waals surface area contributed by atoms with E-state index in [2.05, 4.69) is 10.6 Å². The monoisotopic (exact) mass is 429 g/mol. The van der Waals surface area contributed by atoms with Gasteiger partial charge in [0, 0.05) is 28.2 Å². The number of nitrogens with one attached hydrogen (secondary N) is 2. The van der Waals surface area contributed by atoms with Crippen LogP contribution in [0.15, 0.2) is 66.7 Å². The maximum atomic E-state index is 13.5. The quantitative estimate of drug-likeness (QED) is 0.465. The van der Waals surface area contributed by atoms with Gasteiger partial charge in [0.1, 0.15) is 0 Å². The second kappa shape index (κ2) is 8.12. The molecule has 0 unspecified atom stereocenters. The Morgan fingerprint density at radius 2 is 1.48 bits per heavy atom. The first-order chi connectivity index (χ1) is 15.1. The number of amides is 2. The van der Waals surface area contributed by atoms with Crippen molar-refractivity contribution in [3.05, 3.63) is 77.9 Å². The number of hydrogen-bond donors (Lipinski definition) is 2. The summed E-state index contributed by atoms with van der Waals surface area (Å²) in [6.45, 7) is 0. The molecule has 0 radical (unpaired) electrons. The fourth-order valence-electron chi connectivity index (χ4n) is 4.80. The average Bonchev–Trinajstić information content (AvgIpc) is 2.79. The summed E-state index contributed by atoms with van der Waals surface area (Å²) in [6, 6.07) is 20.7. The van der Waals surface area contributed by atoms with Crippen molar-refractivity contribution in [3.8, 4) is 0 Å². The number of nitrogens with zero attached hydrogens (tertiary/aromatic N) is 1. The summed E-state index contributed by atoms with van der Waals surface area (Å²) in [4.78, 5) is 28.4. The number of carbonyl (C=O) groups is 2. The number of hydrogen-bond acceptors (Lipinski definition) is 3. The predicted molar refractivity (Wildman–Crippen MR) is 126 cm³/mol. The van der Waals surface area contributed by atoms with Gasteiger partial charge in [-0.15, -0.1) is 0 Å². The molecule has 5 rings (SSSR count). The summed E-state index contributed by atoms with van der Waals surface area (Å²) in [6.07, 6.45) is 3.63. The molecule has 0 aromatic heterocycles. The molecule has 1 aliphatic heterocycles. The number of thiocarbonyl (C=S) groups is 1. The first kappa shape index (κ1) is 19.7. The molecule has 0 spiro atoms. The first-order valence-corrected chi connectivity index (χ1v) is 11.1. The van der Waals surface area contributed by atoms with Gasteiger partial charge >= 0.3 is 0 Å². The highest BCUT2D eigenvalue weighted by Gasteiger charge is 2.41. The molecule has 1 aliphatic carbocycles. The van der Waals surface area contributed by atoms with Crippen LogP contribution in [-0.2, 0) is 0 Å². The van der Waals surface area contributed by atoms with Gasteiger partial charge in [0.05, 0.1) is 6.04 Å². The highest BCUT2D eigenvalue weighted by atomic mass is 32.1. The summed E-state index contributed by atoms with van der Waals surface area (Å²) in [5.74, 6) is -0.426. The van der Waals surface area contributed by atoms with E-state index >= 15 is 0 Å². The van der Waals surface area contributed by atoms with Gasteiger partial charge in [-0.3, -0.25) is 14.5 Å². The molecule has 2 N–H and O–H groups in total. The molecule has 3 aromatic rings. The van der Waals surface area contributed by atoms with Crippen molar-refractivity contribution in [2.45, 2.75) is 37.8 Å². The molecular formula is C25H23N3O2S. The molecule has 0 saturated heterocycles. The largest absolute Gasteiger partial charge is 0.358 e. The molecule has 2 amide bonds. The maximum absolute atomic E-state index is 13.5. The zero-order chi connectivity index (χ0) is 21.4. The van der Waals surface area contributed by atoms with Crippen LogP contribution in [0.2, 0.25) is 0 Å². The highest BCUT2D eigenvalue weighted by Crippen LogP contribution is 2.34. The van der Waals surface area contributed by atoms with Crippen LogP contribution >= 0.6 is 12.2 Å². The Bertz CT molecular complexity index is 1130. The fourth-order valence-corrected chi connectivity index (χ4v) is 5.07. The Morgan fingerprint density at radius 3 is 2.16 bits per heavy atom. The van der Waals surface area contributed by atoms with Crippen molar-refractivity contribution in [1.82, 2.24) is 10.2 Å². The molecule has 1 fully saturated rings. The molecule has 6 heteroatoms. The number of carbonyl (C=O) groups excluding carboxylic acids is 2. The summed E-state index contributed by atoms with van der Waals surface area (Å²) in [5.41, 5.74) is 2.10. The Hall–Kier alpha value is -3.25. The smallest absolute Gasteiger partial charge is 0.261 e. The predicted octanol–water partition coefficient (Wildman–Crippen LogP) is 4.73. The van der Waals surface area contributed by atoms with Gasteiger partial charge in [0.25, 0.3) is 11.8 Å². The van der Waals surface area contributed by atoms with Crippen LogP contribution < -0.4 is 10.6 Å². The average molecular weight is 430 g/mol. The Kier molecular flexibility index (Phi) is 5.16. The third-order valence-corrected chi connectivity index (χ3v) is 6.43. The van der Waals surface area contributed by atoms with Crippen molar-refractivity contribution in [2.24, 2.45) is 0 Å². The van der Waals surface area contributed by atoms with Crippen molar-refractivity contribution in [1.29, 1.82) is 0 Å². The van der Waals surface area contributed by atoms with Crippen LogP contribution in [0.4, 0.5) is 5.69 Å². The lowest BCUT2D eigenvalue weighted by Crippen LogP contribution is -2.58. The minimum Gasteiger partial charge on any atom is -0.358 e. The van der Waals surface area contributed by atoms with Crippen molar-refractivity contribution in [3.63, 3.8) is 0 Å². The highest BCUT2D eigenvalue weighted by molar-refractivity contribution is 7.80. The summed E-state index contributed by atoms with van der Waals surface area (Å²) in [5, 5.41) is 8.76. The summed E-state index contributed by atoms with van der Waals surface area (Å²) >= 11 is 5.53. The molecule has 0 bridgehead atoms. The van der Waals surface area contributed by atoms with Crippen LogP contribution in [-0.4, -0.2) is 33.9 Å².